The zero-order chi connectivity index (χ0) is 22.8. The van der Waals surface area contributed by atoms with Crippen molar-refractivity contribution >= 4 is 5.91 Å². The smallest absolute Gasteiger partial charge is 0.251 e. The number of amides is 1. The van der Waals surface area contributed by atoms with Crippen LogP contribution in [-0.2, 0) is 11.2 Å². The molecule has 1 amide bonds. The molecular weight excluding hydrogens is 402 g/mol. The second kappa shape index (κ2) is 8.99. The Kier molecular flexibility index (Phi) is 6.74. The van der Waals surface area contributed by atoms with Gasteiger partial charge in [-0.15, -0.1) is 0 Å². The van der Waals surface area contributed by atoms with Crippen molar-refractivity contribution in [3.05, 3.63) is 53.5 Å². The van der Waals surface area contributed by atoms with Gasteiger partial charge in [-0.05, 0) is 82.1 Å². The molecule has 1 aromatic heterocycles. The lowest BCUT2D eigenvalue weighted by Crippen LogP contribution is -2.43. The number of alkyl halides is 2. The second-order valence-electron chi connectivity index (χ2n) is 9.09. The predicted octanol–water partition coefficient (Wildman–Crippen LogP) is 4.49. The standard InChI is InChI=1S/C24H32F2N2O3/c1-16-11-20(29)6-5-17(16)12-19(28(3)4)14-27-22(30)13-21(18-7-10-31-15-18)24(8-9-24)23(2,25)26/h5-7,10-11,15,19,21,29H,8-9,12-14H2,1-4H3,(H,27,30)/t19-,21-/m0/s1. The van der Waals surface area contributed by atoms with E-state index in [2.05, 4.69) is 5.32 Å². The van der Waals surface area contributed by atoms with E-state index < -0.39 is 17.3 Å². The second-order valence-corrected chi connectivity index (χ2v) is 9.09. The fourth-order valence-electron chi connectivity index (χ4n) is 4.42. The number of nitrogens with zero attached hydrogens (tertiary/aromatic N) is 1. The van der Waals surface area contributed by atoms with E-state index in [9.17, 15) is 18.7 Å². The molecule has 0 saturated heterocycles. The van der Waals surface area contributed by atoms with Gasteiger partial charge in [0.25, 0.3) is 5.92 Å². The van der Waals surface area contributed by atoms with Crippen LogP contribution in [-0.4, -0.2) is 48.5 Å². The minimum absolute atomic E-state index is 0.00134. The summed E-state index contributed by atoms with van der Waals surface area (Å²) in [6.45, 7) is 3.29. The molecule has 3 rings (SSSR count). The maximum atomic E-state index is 14.4. The number of carbonyl (C=O) groups excluding carboxylic acids is 1. The van der Waals surface area contributed by atoms with Crippen molar-refractivity contribution in [2.24, 2.45) is 5.41 Å². The number of halogens is 2. The van der Waals surface area contributed by atoms with Gasteiger partial charge in [0.15, 0.2) is 0 Å². The van der Waals surface area contributed by atoms with Crippen LogP contribution in [0.4, 0.5) is 8.78 Å². The zero-order valence-electron chi connectivity index (χ0n) is 18.6. The molecule has 1 aromatic carbocycles. The average molecular weight is 435 g/mol. The molecule has 0 unspecified atom stereocenters. The molecule has 170 valence electrons. The first-order valence-electron chi connectivity index (χ1n) is 10.6. The number of rotatable bonds is 10. The van der Waals surface area contributed by atoms with Gasteiger partial charge in [0.2, 0.25) is 5.91 Å². The summed E-state index contributed by atoms with van der Waals surface area (Å²) in [5, 5.41) is 12.6. The number of furan rings is 1. The van der Waals surface area contributed by atoms with E-state index in [4.69, 9.17) is 4.42 Å². The van der Waals surface area contributed by atoms with E-state index in [1.165, 1.54) is 12.5 Å². The number of hydrogen-bond acceptors (Lipinski definition) is 4. The third-order valence-electron chi connectivity index (χ3n) is 6.71. The van der Waals surface area contributed by atoms with Gasteiger partial charge in [-0.1, -0.05) is 6.07 Å². The fourth-order valence-corrected chi connectivity index (χ4v) is 4.42. The molecule has 2 aromatic rings. The van der Waals surface area contributed by atoms with Gasteiger partial charge in [-0.3, -0.25) is 4.79 Å². The molecule has 1 fully saturated rings. The quantitative estimate of drug-likeness (QED) is 0.578. The maximum Gasteiger partial charge on any atom is 0.251 e. The van der Waals surface area contributed by atoms with Crippen LogP contribution >= 0.6 is 0 Å². The van der Waals surface area contributed by atoms with Crippen molar-refractivity contribution in [2.75, 3.05) is 20.6 Å². The molecule has 0 aliphatic heterocycles. The summed E-state index contributed by atoms with van der Waals surface area (Å²) in [5.74, 6) is -3.46. The highest BCUT2D eigenvalue weighted by molar-refractivity contribution is 5.77. The summed E-state index contributed by atoms with van der Waals surface area (Å²) >= 11 is 0. The molecule has 31 heavy (non-hydrogen) atoms. The lowest BCUT2D eigenvalue weighted by atomic mass is 9.78. The largest absolute Gasteiger partial charge is 0.508 e. The Morgan fingerprint density at radius 3 is 2.55 bits per heavy atom. The number of phenols is 1. The van der Waals surface area contributed by atoms with Crippen molar-refractivity contribution in [3.8, 4) is 5.75 Å². The monoisotopic (exact) mass is 434 g/mol. The Bertz CT molecular complexity index is 887. The van der Waals surface area contributed by atoms with Gasteiger partial charge in [0.1, 0.15) is 5.75 Å². The minimum Gasteiger partial charge on any atom is -0.508 e. The van der Waals surface area contributed by atoms with Crippen LogP contribution in [0.1, 0.15) is 48.8 Å². The number of hydrogen-bond donors (Lipinski definition) is 2. The molecule has 0 spiro atoms. The van der Waals surface area contributed by atoms with E-state index in [1.54, 1.807) is 18.2 Å². The van der Waals surface area contributed by atoms with Crippen LogP contribution < -0.4 is 5.32 Å². The summed E-state index contributed by atoms with van der Waals surface area (Å²) in [6, 6.07) is 6.97. The number of phenolic OH excluding ortho intramolecular Hbond substituents is 1. The number of benzene rings is 1. The normalized spacial score (nSPS) is 17.4. The first kappa shape index (κ1) is 23.3. The van der Waals surface area contributed by atoms with Crippen LogP contribution in [0, 0.1) is 12.3 Å². The van der Waals surface area contributed by atoms with Gasteiger partial charge in [0.05, 0.1) is 12.5 Å². The first-order chi connectivity index (χ1) is 14.5. The zero-order valence-corrected chi connectivity index (χ0v) is 18.6. The van der Waals surface area contributed by atoms with Gasteiger partial charge in [-0.2, -0.15) is 0 Å². The van der Waals surface area contributed by atoms with Crippen LogP contribution in [0.5, 0.6) is 5.75 Å². The van der Waals surface area contributed by atoms with E-state index in [1.807, 2.05) is 32.0 Å². The summed E-state index contributed by atoms with van der Waals surface area (Å²) in [7, 11) is 3.88. The number of nitrogens with one attached hydrogen (secondary N) is 1. The number of aryl methyl sites for hydroxylation is 1. The van der Waals surface area contributed by atoms with Crippen LogP contribution in [0.3, 0.4) is 0 Å². The lowest BCUT2D eigenvalue weighted by molar-refractivity contribution is -0.123. The topological polar surface area (TPSA) is 65.7 Å². The Morgan fingerprint density at radius 2 is 2.03 bits per heavy atom. The molecule has 1 saturated carbocycles. The summed E-state index contributed by atoms with van der Waals surface area (Å²) < 4.78 is 33.9. The predicted molar refractivity (Wildman–Crippen MR) is 115 cm³/mol. The van der Waals surface area contributed by atoms with Gasteiger partial charge >= 0.3 is 0 Å². The van der Waals surface area contributed by atoms with E-state index in [0.717, 1.165) is 18.1 Å². The number of aromatic hydroxyl groups is 1. The molecule has 5 nitrogen and oxygen atoms in total. The Labute approximate surface area is 182 Å². The molecule has 1 aliphatic carbocycles. The van der Waals surface area contributed by atoms with Crippen molar-refractivity contribution in [1.29, 1.82) is 0 Å². The van der Waals surface area contributed by atoms with Crippen molar-refractivity contribution in [1.82, 2.24) is 10.2 Å². The van der Waals surface area contributed by atoms with Crippen molar-refractivity contribution in [2.45, 2.75) is 57.4 Å². The van der Waals surface area contributed by atoms with Gasteiger partial charge in [-0.25, -0.2) is 8.78 Å². The van der Waals surface area contributed by atoms with Crippen LogP contribution in [0.25, 0.3) is 0 Å². The van der Waals surface area contributed by atoms with Crippen LogP contribution in [0.15, 0.2) is 41.2 Å². The SMILES string of the molecule is Cc1cc(O)ccc1C[C@@H](CNC(=O)C[C@@H](c1ccoc1)C1(C(C)(F)F)CC1)N(C)C. The molecular formula is C24H32F2N2O3. The van der Waals surface area contributed by atoms with E-state index in [0.29, 0.717) is 31.4 Å². The van der Waals surface area contributed by atoms with E-state index in [-0.39, 0.29) is 24.1 Å². The average Bonchev–Trinajstić information content (AvgIpc) is 3.32. The van der Waals surface area contributed by atoms with Crippen molar-refractivity contribution in [3.63, 3.8) is 0 Å². The minimum atomic E-state index is -2.86. The Hall–Kier alpha value is -2.41. The highest BCUT2D eigenvalue weighted by Crippen LogP contribution is 2.65. The van der Waals surface area contributed by atoms with Crippen LogP contribution in [0.2, 0.25) is 0 Å². The highest BCUT2D eigenvalue weighted by Gasteiger charge is 2.63. The Balaban J connectivity index is 1.66. The summed E-state index contributed by atoms with van der Waals surface area (Å²) in [5.41, 5.74) is 1.54. The highest BCUT2D eigenvalue weighted by atomic mass is 19.3. The third-order valence-corrected chi connectivity index (χ3v) is 6.71. The summed E-state index contributed by atoms with van der Waals surface area (Å²) in [6.07, 6.45) is 4.44. The molecule has 7 heteroatoms. The van der Waals surface area contributed by atoms with Gasteiger partial charge in [0, 0.05) is 30.3 Å². The molecule has 0 radical (unpaired) electrons. The molecule has 1 aliphatic rings. The Morgan fingerprint density at radius 1 is 1.32 bits per heavy atom. The number of likely N-dealkylation sites (N-methyl/N-ethyl adjacent to an activating group) is 1. The fraction of sp³-hybridized carbons (Fsp3) is 0.542. The lowest BCUT2D eigenvalue weighted by Gasteiger charge is -2.31. The third kappa shape index (κ3) is 5.26. The summed E-state index contributed by atoms with van der Waals surface area (Å²) in [4.78, 5) is 14.8. The van der Waals surface area contributed by atoms with Crippen molar-refractivity contribution < 1.29 is 23.1 Å². The molecule has 0 bridgehead atoms. The maximum absolute atomic E-state index is 14.4. The first-order valence-corrected chi connectivity index (χ1v) is 10.6. The van der Waals surface area contributed by atoms with E-state index >= 15 is 0 Å². The number of carbonyl (C=O) groups is 1. The molecule has 2 atom stereocenters. The molecule has 1 heterocycles. The van der Waals surface area contributed by atoms with Gasteiger partial charge < -0.3 is 19.7 Å². The molecule has 2 N–H and O–H groups in total.